The van der Waals surface area contributed by atoms with Crippen LogP contribution >= 0.6 is 11.8 Å². The van der Waals surface area contributed by atoms with Gasteiger partial charge in [0.25, 0.3) is 0 Å². The molecule has 112 valence electrons. The zero-order valence-electron chi connectivity index (χ0n) is 11.6. The van der Waals surface area contributed by atoms with Crippen molar-refractivity contribution >= 4 is 21.8 Å². The average molecular weight is 315 g/mol. The number of thioether (sulfide) groups is 1. The van der Waals surface area contributed by atoms with Gasteiger partial charge in [0.05, 0.1) is 4.90 Å². The van der Waals surface area contributed by atoms with E-state index in [2.05, 4.69) is 11.6 Å². The minimum absolute atomic E-state index is 0.0178. The van der Waals surface area contributed by atoms with E-state index in [-0.39, 0.29) is 16.2 Å². The zero-order valence-corrected chi connectivity index (χ0v) is 13.3. The quantitative estimate of drug-likeness (QED) is 0.840. The molecule has 1 heterocycles. The van der Waals surface area contributed by atoms with Crippen LogP contribution in [-0.2, 0) is 16.4 Å². The van der Waals surface area contributed by atoms with Gasteiger partial charge in [0.1, 0.15) is 0 Å². The number of hydrogen-bond acceptors (Lipinski definition) is 4. The van der Waals surface area contributed by atoms with Crippen molar-refractivity contribution in [2.45, 2.75) is 35.8 Å². The molecule has 1 unspecified atom stereocenters. The molecule has 20 heavy (non-hydrogen) atoms. The third-order valence-electron chi connectivity index (χ3n) is 3.57. The standard InChI is InChI=1S/C14H21NO3S2/c1-14(8-2-10-19-14)11-15-20(17,18)13-5-3-12(4-6-13)7-9-16/h3-6,15-16H,2,7-11H2,1H3. The van der Waals surface area contributed by atoms with E-state index in [4.69, 9.17) is 5.11 Å². The van der Waals surface area contributed by atoms with Crippen molar-refractivity contribution in [3.63, 3.8) is 0 Å². The number of aliphatic hydroxyl groups is 1. The summed E-state index contributed by atoms with van der Waals surface area (Å²) >= 11 is 1.83. The molecule has 1 aliphatic heterocycles. The van der Waals surface area contributed by atoms with Gasteiger partial charge in [-0.05, 0) is 49.6 Å². The van der Waals surface area contributed by atoms with E-state index in [1.807, 2.05) is 11.8 Å². The number of rotatable bonds is 6. The number of aliphatic hydroxyl groups excluding tert-OH is 1. The number of nitrogens with one attached hydrogen (secondary N) is 1. The normalized spacial score (nSPS) is 23.1. The summed E-state index contributed by atoms with van der Waals surface area (Å²) in [5.41, 5.74) is 0.935. The van der Waals surface area contributed by atoms with Gasteiger partial charge in [-0.15, -0.1) is 0 Å². The Morgan fingerprint density at radius 2 is 2.05 bits per heavy atom. The van der Waals surface area contributed by atoms with Crippen LogP contribution in [0.4, 0.5) is 0 Å². The molecule has 2 N–H and O–H groups in total. The first kappa shape index (κ1) is 15.8. The van der Waals surface area contributed by atoms with Gasteiger partial charge in [-0.3, -0.25) is 0 Å². The molecular formula is C14H21NO3S2. The molecule has 0 aromatic heterocycles. The molecule has 4 nitrogen and oxygen atoms in total. The van der Waals surface area contributed by atoms with Gasteiger partial charge in [0, 0.05) is 17.9 Å². The van der Waals surface area contributed by atoms with Crippen LogP contribution in [0.1, 0.15) is 25.3 Å². The Balaban J connectivity index is 2.02. The summed E-state index contributed by atoms with van der Waals surface area (Å²) in [6, 6.07) is 6.68. The van der Waals surface area contributed by atoms with Gasteiger partial charge >= 0.3 is 0 Å². The lowest BCUT2D eigenvalue weighted by Crippen LogP contribution is -2.36. The molecule has 0 amide bonds. The summed E-state index contributed by atoms with van der Waals surface area (Å²) in [6.07, 6.45) is 2.75. The first-order valence-corrected chi connectivity index (χ1v) is 9.25. The van der Waals surface area contributed by atoms with Crippen molar-refractivity contribution in [1.29, 1.82) is 0 Å². The lowest BCUT2D eigenvalue weighted by atomic mass is 10.1. The van der Waals surface area contributed by atoms with E-state index in [0.717, 1.165) is 24.2 Å². The van der Waals surface area contributed by atoms with Gasteiger partial charge in [-0.25, -0.2) is 13.1 Å². The Kier molecular flexibility index (Phi) is 5.12. The van der Waals surface area contributed by atoms with Crippen molar-refractivity contribution < 1.29 is 13.5 Å². The Morgan fingerprint density at radius 1 is 1.35 bits per heavy atom. The van der Waals surface area contributed by atoms with Crippen molar-refractivity contribution in [2.75, 3.05) is 18.9 Å². The molecule has 0 saturated carbocycles. The highest BCUT2D eigenvalue weighted by Crippen LogP contribution is 2.37. The zero-order chi connectivity index (χ0) is 14.6. The van der Waals surface area contributed by atoms with Gasteiger partial charge in [-0.2, -0.15) is 11.8 Å². The van der Waals surface area contributed by atoms with E-state index >= 15 is 0 Å². The van der Waals surface area contributed by atoms with Crippen molar-refractivity contribution in [1.82, 2.24) is 4.72 Å². The summed E-state index contributed by atoms with van der Waals surface area (Å²) in [7, 11) is -3.44. The largest absolute Gasteiger partial charge is 0.396 e. The van der Waals surface area contributed by atoms with Crippen LogP contribution in [-0.4, -0.2) is 37.2 Å². The molecular weight excluding hydrogens is 294 g/mol. The fraction of sp³-hybridized carbons (Fsp3) is 0.571. The topological polar surface area (TPSA) is 66.4 Å². The monoisotopic (exact) mass is 315 g/mol. The fourth-order valence-electron chi connectivity index (χ4n) is 2.27. The first-order valence-electron chi connectivity index (χ1n) is 6.79. The third-order valence-corrected chi connectivity index (χ3v) is 6.53. The highest BCUT2D eigenvalue weighted by atomic mass is 32.2. The lowest BCUT2D eigenvalue weighted by Gasteiger charge is -2.22. The number of sulfonamides is 1. The van der Waals surface area contributed by atoms with Crippen LogP contribution in [0.2, 0.25) is 0 Å². The van der Waals surface area contributed by atoms with Crippen LogP contribution < -0.4 is 4.72 Å². The van der Waals surface area contributed by atoms with Crippen LogP contribution in [0.5, 0.6) is 0 Å². The summed E-state index contributed by atoms with van der Waals surface area (Å²) in [6.45, 7) is 2.65. The molecule has 1 aliphatic rings. The SMILES string of the molecule is CC1(CNS(=O)(=O)c2ccc(CCO)cc2)CCCS1. The summed E-state index contributed by atoms with van der Waals surface area (Å²) in [5.74, 6) is 1.11. The van der Waals surface area contributed by atoms with E-state index in [1.165, 1.54) is 0 Å². The Hall–Kier alpha value is -0.560. The molecule has 1 aromatic carbocycles. The van der Waals surface area contributed by atoms with E-state index < -0.39 is 10.0 Å². The molecule has 1 atom stereocenters. The average Bonchev–Trinajstić information content (AvgIpc) is 2.85. The maximum Gasteiger partial charge on any atom is 0.240 e. The molecule has 0 aliphatic carbocycles. The summed E-state index contributed by atoms with van der Waals surface area (Å²) in [4.78, 5) is 0.283. The van der Waals surface area contributed by atoms with Crippen LogP contribution in [0, 0.1) is 0 Å². The second-order valence-electron chi connectivity index (χ2n) is 5.34. The second-order valence-corrected chi connectivity index (χ2v) is 8.79. The molecule has 0 bridgehead atoms. The predicted molar refractivity (Wildman–Crippen MR) is 82.5 cm³/mol. The van der Waals surface area contributed by atoms with Gasteiger partial charge < -0.3 is 5.11 Å². The van der Waals surface area contributed by atoms with Crippen LogP contribution in [0.3, 0.4) is 0 Å². The van der Waals surface area contributed by atoms with Gasteiger partial charge in [0.15, 0.2) is 0 Å². The molecule has 1 saturated heterocycles. The fourth-order valence-corrected chi connectivity index (χ4v) is 4.78. The highest BCUT2D eigenvalue weighted by Gasteiger charge is 2.31. The summed E-state index contributed by atoms with van der Waals surface area (Å²) in [5, 5.41) is 8.85. The van der Waals surface area contributed by atoms with Gasteiger partial charge in [0.2, 0.25) is 10.0 Å². The molecule has 0 spiro atoms. The first-order chi connectivity index (χ1) is 9.45. The Bertz CT molecular complexity index is 534. The van der Waals surface area contributed by atoms with Gasteiger partial charge in [-0.1, -0.05) is 12.1 Å². The Morgan fingerprint density at radius 3 is 2.60 bits per heavy atom. The van der Waals surface area contributed by atoms with Crippen molar-refractivity contribution in [3.05, 3.63) is 29.8 Å². The van der Waals surface area contributed by atoms with Crippen molar-refractivity contribution in [2.24, 2.45) is 0 Å². The number of benzene rings is 1. The Labute approximate surface area is 125 Å². The number of hydrogen-bond donors (Lipinski definition) is 2. The van der Waals surface area contributed by atoms with Crippen LogP contribution in [0.15, 0.2) is 29.2 Å². The minimum atomic E-state index is -3.44. The van der Waals surface area contributed by atoms with Crippen LogP contribution in [0.25, 0.3) is 0 Å². The molecule has 6 heteroatoms. The molecule has 0 radical (unpaired) electrons. The smallest absolute Gasteiger partial charge is 0.240 e. The summed E-state index contributed by atoms with van der Waals surface area (Å²) < 4.78 is 27.2. The highest BCUT2D eigenvalue weighted by molar-refractivity contribution is 8.01. The van der Waals surface area contributed by atoms with E-state index in [0.29, 0.717) is 13.0 Å². The molecule has 1 aromatic rings. The second kappa shape index (κ2) is 6.47. The molecule has 1 fully saturated rings. The maximum atomic E-state index is 12.2. The minimum Gasteiger partial charge on any atom is -0.396 e. The lowest BCUT2D eigenvalue weighted by molar-refractivity contribution is 0.299. The maximum absolute atomic E-state index is 12.2. The van der Waals surface area contributed by atoms with E-state index in [9.17, 15) is 8.42 Å². The predicted octanol–water partition coefficient (Wildman–Crippen LogP) is 1.79. The third kappa shape index (κ3) is 3.97. The molecule has 2 rings (SSSR count). The van der Waals surface area contributed by atoms with Crippen molar-refractivity contribution in [3.8, 4) is 0 Å². The van der Waals surface area contributed by atoms with E-state index in [1.54, 1.807) is 24.3 Å².